The molecule has 1 heterocycles. The van der Waals surface area contributed by atoms with Gasteiger partial charge < -0.3 is 10.6 Å². The summed E-state index contributed by atoms with van der Waals surface area (Å²) >= 11 is 0. The molecular formula is C20H19F3N6O3. The summed E-state index contributed by atoms with van der Waals surface area (Å²) in [4.78, 5) is 26.6. The second-order valence-electron chi connectivity index (χ2n) is 6.81. The van der Waals surface area contributed by atoms with Crippen LogP contribution in [-0.4, -0.2) is 32.1 Å². The van der Waals surface area contributed by atoms with Crippen molar-refractivity contribution in [2.45, 2.75) is 25.2 Å². The minimum Gasteiger partial charge on any atom is -0.379 e. The first-order valence-corrected chi connectivity index (χ1v) is 9.50. The molecule has 0 aliphatic carbocycles. The standard InChI is InChI=1S/C20H19F3N6O3/c21-20(22,23)15-6-7-16(18(10-15)29(31)32)25-9-8-19(30)27-17(11-28-13-24-12-26-28)14-4-2-1-3-5-14/h1-7,10,12-13,17,25H,8-9,11H2,(H,27,30). The van der Waals surface area contributed by atoms with Crippen molar-refractivity contribution in [3.8, 4) is 0 Å². The highest BCUT2D eigenvalue weighted by Gasteiger charge is 2.33. The molecule has 0 bridgehead atoms. The van der Waals surface area contributed by atoms with Gasteiger partial charge in [0, 0.05) is 19.0 Å². The van der Waals surface area contributed by atoms with Crippen molar-refractivity contribution in [1.82, 2.24) is 20.1 Å². The summed E-state index contributed by atoms with van der Waals surface area (Å²) in [6.07, 6.45) is -1.85. The van der Waals surface area contributed by atoms with Crippen LogP contribution < -0.4 is 10.6 Å². The lowest BCUT2D eigenvalue weighted by atomic mass is 10.1. The highest BCUT2D eigenvalue weighted by Crippen LogP contribution is 2.34. The van der Waals surface area contributed by atoms with E-state index in [4.69, 9.17) is 0 Å². The number of aromatic nitrogens is 3. The summed E-state index contributed by atoms with van der Waals surface area (Å²) in [5.41, 5.74) is -1.08. The zero-order chi connectivity index (χ0) is 23.1. The minimum atomic E-state index is -4.69. The van der Waals surface area contributed by atoms with Gasteiger partial charge in [0.05, 0.1) is 23.1 Å². The van der Waals surface area contributed by atoms with Gasteiger partial charge in [0.15, 0.2) is 0 Å². The number of rotatable bonds is 9. The molecule has 2 N–H and O–H groups in total. The van der Waals surface area contributed by atoms with Crippen LogP contribution in [0.4, 0.5) is 24.5 Å². The van der Waals surface area contributed by atoms with E-state index in [0.29, 0.717) is 12.6 Å². The summed E-state index contributed by atoms with van der Waals surface area (Å²) in [5, 5.41) is 20.7. The van der Waals surface area contributed by atoms with E-state index >= 15 is 0 Å². The van der Waals surface area contributed by atoms with Crippen LogP contribution in [0.25, 0.3) is 0 Å². The van der Waals surface area contributed by atoms with E-state index in [-0.39, 0.29) is 24.6 Å². The minimum absolute atomic E-state index is 0.0110. The molecule has 9 nitrogen and oxygen atoms in total. The number of anilines is 1. The van der Waals surface area contributed by atoms with Crippen LogP contribution in [0.5, 0.6) is 0 Å². The molecule has 1 unspecified atom stereocenters. The molecule has 0 saturated carbocycles. The third kappa shape index (κ3) is 6.03. The Balaban J connectivity index is 1.63. The largest absolute Gasteiger partial charge is 0.416 e. The fraction of sp³-hybridized carbons (Fsp3) is 0.250. The molecule has 0 saturated heterocycles. The quantitative estimate of drug-likeness (QED) is 0.382. The molecule has 3 rings (SSSR count). The van der Waals surface area contributed by atoms with Crippen LogP contribution >= 0.6 is 0 Å². The van der Waals surface area contributed by atoms with E-state index in [1.807, 2.05) is 30.3 Å². The number of alkyl halides is 3. The van der Waals surface area contributed by atoms with Gasteiger partial charge >= 0.3 is 6.18 Å². The normalized spacial score (nSPS) is 12.2. The zero-order valence-corrected chi connectivity index (χ0v) is 16.6. The van der Waals surface area contributed by atoms with E-state index in [1.54, 1.807) is 4.68 Å². The number of nitrogens with one attached hydrogen (secondary N) is 2. The summed E-state index contributed by atoms with van der Waals surface area (Å²) in [7, 11) is 0. The molecule has 1 amide bonds. The molecule has 32 heavy (non-hydrogen) atoms. The summed E-state index contributed by atoms with van der Waals surface area (Å²) < 4.78 is 40.0. The van der Waals surface area contributed by atoms with Crippen molar-refractivity contribution >= 4 is 17.3 Å². The maximum Gasteiger partial charge on any atom is 0.416 e. The van der Waals surface area contributed by atoms with Crippen LogP contribution in [0, 0.1) is 10.1 Å². The highest BCUT2D eigenvalue weighted by molar-refractivity contribution is 5.77. The SMILES string of the molecule is O=C(CCNc1ccc(C(F)(F)F)cc1[N+](=O)[O-])NC(Cn1cncn1)c1ccccc1. The van der Waals surface area contributed by atoms with Gasteiger partial charge in [-0.2, -0.15) is 18.3 Å². The van der Waals surface area contributed by atoms with Gasteiger partial charge in [-0.1, -0.05) is 30.3 Å². The first-order valence-electron chi connectivity index (χ1n) is 9.50. The Bertz CT molecular complexity index is 1060. The van der Waals surface area contributed by atoms with Crippen molar-refractivity contribution in [1.29, 1.82) is 0 Å². The van der Waals surface area contributed by atoms with Crippen molar-refractivity contribution in [2.75, 3.05) is 11.9 Å². The highest BCUT2D eigenvalue weighted by atomic mass is 19.4. The average molecular weight is 448 g/mol. The fourth-order valence-corrected chi connectivity index (χ4v) is 3.02. The zero-order valence-electron chi connectivity index (χ0n) is 16.6. The van der Waals surface area contributed by atoms with Crippen LogP contribution in [0.2, 0.25) is 0 Å². The number of nitro benzene ring substituents is 1. The van der Waals surface area contributed by atoms with Crippen LogP contribution in [0.3, 0.4) is 0 Å². The summed E-state index contributed by atoms with van der Waals surface area (Å²) in [5.74, 6) is -0.346. The molecule has 0 radical (unpaired) electrons. The van der Waals surface area contributed by atoms with Crippen molar-refractivity contribution in [2.24, 2.45) is 0 Å². The second kappa shape index (κ2) is 9.90. The Labute approximate surface area is 180 Å². The molecular weight excluding hydrogens is 429 g/mol. The third-order valence-electron chi connectivity index (χ3n) is 4.56. The van der Waals surface area contributed by atoms with Gasteiger partial charge in [0.25, 0.3) is 5.69 Å². The Morgan fingerprint density at radius 2 is 1.94 bits per heavy atom. The predicted octanol–water partition coefficient (Wildman–Crippen LogP) is 3.56. The molecule has 0 fully saturated rings. The lowest BCUT2D eigenvalue weighted by molar-refractivity contribution is -0.384. The number of nitro groups is 1. The number of benzene rings is 2. The maximum absolute atomic E-state index is 12.8. The Hall–Kier alpha value is -3.96. The predicted molar refractivity (Wildman–Crippen MR) is 109 cm³/mol. The molecule has 0 spiro atoms. The lowest BCUT2D eigenvalue weighted by Crippen LogP contribution is -2.32. The third-order valence-corrected chi connectivity index (χ3v) is 4.56. The second-order valence-corrected chi connectivity index (χ2v) is 6.81. The number of carbonyl (C=O) groups is 1. The van der Waals surface area contributed by atoms with Crippen molar-refractivity contribution in [3.05, 3.63) is 82.4 Å². The molecule has 168 valence electrons. The first-order chi connectivity index (χ1) is 15.2. The lowest BCUT2D eigenvalue weighted by Gasteiger charge is -2.19. The number of hydrogen-bond donors (Lipinski definition) is 2. The summed E-state index contributed by atoms with van der Waals surface area (Å²) in [6.45, 7) is 0.330. The molecule has 1 atom stereocenters. The number of halogens is 3. The van der Waals surface area contributed by atoms with Gasteiger partial charge in [-0.05, 0) is 17.7 Å². The van der Waals surface area contributed by atoms with Crippen LogP contribution in [0.1, 0.15) is 23.6 Å². The van der Waals surface area contributed by atoms with Crippen molar-refractivity contribution < 1.29 is 22.9 Å². The number of nitrogens with zero attached hydrogens (tertiary/aromatic N) is 4. The maximum atomic E-state index is 12.8. The molecule has 12 heteroatoms. The van der Waals surface area contributed by atoms with Gasteiger partial charge in [-0.3, -0.25) is 19.6 Å². The van der Waals surface area contributed by atoms with Gasteiger partial charge in [0.1, 0.15) is 18.3 Å². The smallest absolute Gasteiger partial charge is 0.379 e. The van der Waals surface area contributed by atoms with E-state index in [1.165, 1.54) is 12.7 Å². The average Bonchev–Trinajstić information content (AvgIpc) is 3.26. The molecule has 0 aliphatic rings. The van der Waals surface area contributed by atoms with E-state index < -0.39 is 28.4 Å². The molecule has 3 aromatic rings. The van der Waals surface area contributed by atoms with Gasteiger partial charge in [-0.25, -0.2) is 4.98 Å². The van der Waals surface area contributed by atoms with Crippen molar-refractivity contribution in [3.63, 3.8) is 0 Å². The Morgan fingerprint density at radius 3 is 2.56 bits per heavy atom. The number of hydrogen-bond acceptors (Lipinski definition) is 6. The van der Waals surface area contributed by atoms with E-state index in [2.05, 4.69) is 20.7 Å². The fourth-order valence-electron chi connectivity index (χ4n) is 3.02. The van der Waals surface area contributed by atoms with Gasteiger partial charge in [-0.15, -0.1) is 0 Å². The van der Waals surface area contributed by atoms with Gasteiger partial charge in [0.2, 0.25) is 5.91 Å². The van der Waals surface area contributed by atoms with Crippen LogP contribution in [0.15, 0.2) is 61.2 Å². The van der Waals surface area contributed by atoms with Crippen LogP contribution in [-0.2, 0) is 17.5 Å². The topological polar surface area (TPSA) is 115 Å². The monoisotopic (exact) mass is 448 g/mol. The van der Waals surface area contributed by atoms with E-state index in [0.717, 1.165) is 17.7 Å². The molecule has 1 aromatic heterocycles. The number of carbonyl (C=O) groups excluding carboxylic acids is 1. The summed E-state index contributed by atoms with van der Waals surface area (Å²) in [6, 6.07) is 11.0. The molecule has 0 aliphatic heterocycles. The number of amides is 1. The Kier molecular flexibility index (Phi) is 7.03. The molecule has 2 aromatic carbocycles. The Morgan fingerprint density at radius 1 is 1.19 bits per heavy atom. The first kappa shape index (κ1) is 22.7. The van der Waals surface area contributed by atoms with E-state index in [9.17, 15) is 28.1 Å².